The lowest BCUT2D eigenvalue weighted by Crippen LogP contribution is -2.36. The van der Waals surface area contributed by atoms with Gasteiger partial charge in [-0.15, -0.1) is 0 Å². The minimum Gasteiger partial charge on any atom is -0.396 e. The van der Waals surface area contributed by atoms with Crippen LogP contribution in [0.3, 0.4) is 0 Å². The molecule has 1 aliphatic heterocycles. The molecular formula is C18H27N3O. The minimum atomic E-state index is 0.0716. The molecule has 0 aromatic carbocycles. The average Bonchev–Trinajstić information content (AvgIpc) is 2.87. The first kappa shape index (κ1) is 15.5. The zero-order valence-electron chi connectivity index (χ0n) is 13.9. The quantitative estimate of drug-likeness (QED) is 0.916. The molecule has 1 fully saturated rings. The van der Waals surface area contributed by atoms with Crippen LogP contribution in [0.5, 0.6) is 0 Å². The molecule has 1 saturated heterocycles. The number of H-pyrrole nitrogens is 1. The Balaban J connectivity index is 1.94. The molecule has 3 heterocycles. The predicted molar refractivity (Wildman–Crippen MR) is 89.9 cm³/mol. The lowest BCUT2D eigenvalue weighted by Gasteiger charge is -2.32. The van der Waals surface area contributed by atoms with Crippen molar-refractivity contribution in [1.29, 1.82) is 0 Å². The average molecular weight is 301 g/mol. The number of nitrogens with one attached hydrogen (secondary N) is 1. The van der Waals surface area contributed by atoms with E-state index in [4.69, 9.17) is 0 Å². The summed E-state index contributed by atoms with van der Waals surface area (Å²) in [6, 6.07) is 4.18. The Kier molecular flexibility index (Phi) is 4.24. The zero-order valence-corrected chi connectivity index (χ0v) is 13.9. The predicted octanol–water partition coefficient (Wildman–Crippen LogP) is 3.06. The molecule has 0 saturated carbocycles. The Morgan fingerprint density at radius 1 is 1.41 bits per heavy atom. The fraction of sp³-hybridized carbons (Fsp3) is 0.611. The highest BCUT2D eigenvalue weighted by Crippen LogP contribution is 2.32. The van der Waals surface area contributed by atoms with Crippen molar-refractivity contribution in [3.63, 3.8) is 0 Å². The normalized spacial score (nSPS) is 20.6. The second-order valence-corrected chi connectivity index (χ2v) is 7.55. The van der Waals surface area contributed by atoms with E-state index in [1.165, 1.54) is 23.1 Å². The summed E-state index contributed by atoms with van der Waals surface area (Å²) in [5, 5.41) is 10.7. The van der Waals surface area contributed by atoms with Gasteiger partial charge in [0, 0.05) is 42.4 Å². The summed E-state index contributed by atoms with van der Waals surface area (Å²) < 4.78 is 0. The van der Waals surface area contributed by atoms with Crippen LogP contribution < -0.4 is 0 Å². The Morgan fingerprint density at radius 2 is 2.23 bits per heavy atom. The number of rotatable bonds is 3. The van der Waals surface area contributed by atoms with E-state index >= 15 is 0 Å². The van der Waals surface area contributed by atoms with Gasteiger partial charge in [-0.05, 0) is 43.0 Å². The van der Waals surface area contributed by atoms with E-state index in [0.29, 0.717) is 12.5 Å². The number of fused-ring (bicyclic) bond motifs is 1. The maximum Gasteiger partial charge on any atom is 0.137 e. The van der Waals surface area contributed by atoms with E-state index in [1.807, 2.05) is 12.3 Å². The van der Waals surface area contributed by atoms with Gasteiger partial charge in [0.15, 0.2) is 0 Å². The first-order chi connectivity index (χ1) is 10.5. The van der Waals surface area contributed by atoms with E-state index in [0.717, 1.165) is 31.7 Å². The first-order valence-corrected chi connectivity index (χ1v) is 8.28. The van der Waals surface area contributed by atoms with Gasteiger partial charge in [-0.25, -0.2) is 4.98 Å². The number of piperidine rings is 1. The maximum atomic E-state index is 9.45. The van der Waals surface area contributed by atoms with Gasteiger partial charge in [-0.1, -0.05) is 20.8 Å². The largest absolute Gasteiger partial charge is 0.396 e. The van der Waals surface area contributed by atoms with E-state index < -0.39 is 0 Å². The summed E-state index contributed by atoms with van der Waals surface area (Å²) >= 11 is 0. The topological polar surface area (TPSA) is 52.2 Å². The number of aliphatic hydroxyl groups excluding tert-OH is 1. The summed E-state index contributed by atoms with van der Waals surface area (Å²) in [5.41, 5.74) is 3.71. The third-order valence-corrected chi connectivity index (χ3v) is 4.67. The minimum absolute atomic E-state index is 0.0716. The van der Waals surface area contributed by atoms with Crippen LogP contribution in [0, 0.1) is 5.92 Å². The van der Waals surface area contributed by atoms with Crippen molar-refractivity contribution in [2.45, 2.75) is 45.6 Å². The van der Waals surface area contributed by atoms with Crippen molar-refractivity contribution < 1.29 is 5.11 Å². The van der Waals surface area contributed by atoms with E-state index in [2.05, 4.69) is 41.7 Å². The molecule has 2 N–H and O–H groups in total. The summed E-state index contributed by atoms with van der Waals surface area (Å²) in [5.74, 6) is 0.426. The molecule has 1 aliphatic rings. The van der Waals surface area contributed by atoms with Crippen LogP contribution in [0.2, 0.25) is 0 Å². The highest BCUT2D eigenvalue weighted by molar-refractivity contribution is 5.81. The number of pyridine rings is 1. The van der Waals surface area contributed by atoms with Crippen LogP contribution in [0.25, 0.3) is 11.0 Å². The summed E-state index contributed by atoms with van der Waals surface area (Å²) in [6.45, 7) is 10.1. The Labute approximate surface area is 132 Å². The lowest BCUT2D eigenvalue weighted by atomic mass is 9.88. The van der Waals surface area contributed by atoms with Gasteiger partial charge in [-0.2, -0.15) is 0 Å². The summed E-state index contributed by atoms with van der Waals surface area (Å²) in [6.07, 6.45) is 4.17. The molecule has 0 bridgehead atoms. The second kappa shape index (κ2) is 6.01. The van der Waals surface area contributed by atoms with Crippen LogP contribution in [0.4, 0.5) is 0 Å². The fourth-order valence-corrected chi connectivity index (χ4v) is 3.55. The maximum absolute atomic E-state index is 9.45. The van der Waals surface area contributed by atoms with Gasteiger partial charge in [0.25, 0.3) is 0 Å². The number of hydrogen-bond acceptors (Lipinski definition) is 3. The summed E-state index contributed by atoms with van der Waals surface area (Å²) in [4.78, 5) is 10.5. The fourth-order valence-electron chi connectivity index (χ4n) is 3.55. The van der Waals surface area contributed by atoms with Crippen molar-refractivity contribution in [2.24, 2.45) is 5.92 Å². The molecule has 22 heavy (non-hydrogen) atoms. The molecule has 0 amide bonds. The van der Waals surface area contributed by atoms with E-state index in [9.17, 15) is 5.11 Å². The molecule has 4 nitrogen and oxygen atoms in total. The second-order valence-electron chi connectivity index (χ2n) is 7.55. The highest BCUT2D eigenvalue weighted by Gasteiger charge is 2.26. The van der Waals surface area contributed by atoms with Gasteiger partial charge in [-0.3, -0.25) is 4.90 Å². The van der Waals surface area contributed by atoms with Crippen molar-refractivity contribution in [3.05, 3.63) is 29.6 Å². The highest BCUT2D eigenvalue weighted by atomic mass is 16.3. The third-order valence-electron chi connectivity index (χ3n) is 4.67. The molecule has 120 valence electrons. The van der Waals surface area contributed by atoms with Crippen LogP contribution >= 0.6 is 0 Å². The Morgan fingerprint density at radius 3 is 2.95 bits per heavy atom. The Bertz CT molecular complexity index is 641. The third kappa shape index (κ3) is 3.03. The summed E-state index contributed by atoms with van der Waals surface area (Å²) in [7, 11) is 0. The van der Waals surface area contributed by atoms with E-state index in [1.54, 1.807) is 0 Å². The van der Waals surface area contributed by atoms with Crippen LogP contribution in [-0.2, 0) is 12.0 Å². The molecule has 1 unspecified atom stereocenters. The first-order valence-electron chi connectivity index (χ1n) is 8.28. The molecule has 0 spiro atoms. The number of nitrogens with zero attached hydrogens (tertiary/aromatic N) is 2. The van der Waals surface area contributed by atoms with Crippen LogP contribution in [0.15, 0.2) is 18.3 Å². The number of aliphatic hydroxyl groups is 1. The van der Waals surface area contributed by atoms with Crippen molar-refractivity contribution in [1.82, 2.24) is 14.9 Å². The van der Waals surface area contributed by atoms with E-state index in [-0.39, 0.29) is 5.41 Å². The molecular weight excluding hydrogens is 274 g/mol. The molecule has 3 rings (SSSR count). The molecule has 1 atom stereocenters. The smallest absolute Gasteiger partial charge is 0.137 e. The van der Waals surface area contributed by atoms with Gasteiger partial charge < -0.3 is 10.1 Å². The van der Waals surface area contributed by atoms with Gasteiger partial charge >= 0.3 is 0 Å². The van der Waals surface area contributed by atoms with Gasteiger partial charge in [0.1, 0.15) is 5.65 Å². The molecule has 2 aromatic rings. The van der Waals surface area contributed by atoms with Crippen LogP contribution in [-0.4, -0.2) is 39.7 Å². The molecule has 0 radical (unpaired) electrons. The van der Waals surface area contributed by atoms with Crippen molar-refractivity contribution in [3.8, 4) is 0 Å². The van der Waals surface area contributed by atoms with Crippen LogP contribution in [0.1, 0.15) is 44.9 Å². The number of likely N-dealkylation sites (tertiary alicyclic amines) is 1. The number of aromatic nitrogens is 2. The van der Waals surface area contributed by atoms with Gasteiger partial charge in [0.2, 0.25) is 0 Å². The molecule has 4 heteroatoms. The van der Waals surface area contributed by atoms with Crippen molar-refractivity contribution in [2.75, 3.05) is 19.7 Å². The number of aromatic amines is 1. The SMILES string of the molecule is CC(C)(C)c1[nH]c2ncccc2c1CN1CCCC(CO)C1. The monoisotopic (exact) mass is 301 g/mol. The standard InChI is InChI=1S/C18H27N3O/c1-18(2,3)16-15(14-7-4-8-19-17(14)20-16)11-21-9-5-6-13(10-21)12-22/h4,7-8,13,22H,5-6,9-12H2,1-3H3,(H,19,20). The van der Waals surface area contributed by atoms with Gasteiger partial charge in [0.05, 0.1) is 0 Å². The molecule has 0 aliphatic carbocycles. The lowest BCUT2D eigenvalue weighted by molar-refractivity contribution is 0.116. The zero-order chi connectivity index (χ0) is 15.7. The number of hydrogen-bond donors (Lipinski definition) is 2. The van der Waals surface area contributed by atoms with Crippen molar-refractivity contribution >= 4 is 11.0 Å². The molecule has 2 aromatic heterocycles. The Hall–Kier alpha value is -1.39.